The van der Waals surface area contributed by atoms with Crippen LogP contribution in [-0.4, -0.2) is 34.8 Å². The fourth-order valence-corrected chi connectivity index (χ4v) is 4.34. The van der Waals surface area contributed by atoms with Gasteiger partial charge in [-0.1, -0.05) is 30.3 Å². The van der Waals surface area contributed by atoms with Gasteiger partial charge in [0.2, 0.25) is 5.91 Å². The first-order valence-corrected chi connectivity index (χ1v) is 10.6. The maximum Gasteiger partial charge on any atom is 0.256 e. The lowest BCUT2D eigenvalue weighted by atomic mass is 9.94. The van der Waals surface area contributed by atoms with E-state index in [0.717, 1.165) is 27.4 Å². The molecule has 5 rings (SSSR count). The third-order valence-corrected chi connectivity index (χ3v) is 6.01. The molecule has 0 atom stereocenters. The van der Waals surface area contributed by atoms with E-state index in [2.05, 4.69) is 16.4 Å². The van der Waals surface area contributed by atoms with Crippen LogP contribution in [0.3, 0.4) is 0 Å². The van der Waals surface area contributed by atoms with Gasteiger partial charge in [-0.3, -0.25) is 14.6 Å². The van der Waals surface area contributed by atoms with Crippen molar-refractivity contribution in [3.8, 4) is 0 Å². The maximum atomic E-state index is 13.4. The summed E-state index contributed by atoms with van der Waals surface area (Å²) < 4.78 is 5.26. The third-order valence-electron chi connectivity index (χ3n) is 6.01. The van der Waals surface area contributed by atoms with Crippen LogP contribution in [0.2, 0.25) is 0 Å². The van der Waals surface area contributed by atoms with Crippen molar-refractivity contribution in [1.82, 2.24) is 15.2 Å². The molecule has 1 aliphatic rings. The van der Waals surface area contributed by atoms with Crippen LogP contribution in [0.15, 0.2) is 71.5 Å². The van der Waals surface area contributed by atoms with E-state index in [0.29, 0.717) is 38.0 Å². The highest BCUT2D eigenvalue weighted by Crippen LogP contribution is 2.29. The number of fused-ring (bicyclic) bond motifs is 3. The average molecular weight is 413 g/mol. The van der Waals surface area contributed by atoms with Gasteiger partial charge in [-0.25, -0.2) is 0 Å². The zero-order chi connectivity index (χ0) is 21.2. The van der Waals surface area contributed by atoms with Crippen molar-refractivity contribution in [3.63, 3.8) is 0 Å². The van der Waals surface area contributed by atoms with Crippen molar-refractivity contribution in [1.29, 1.82) is 0 Å². The summed E-state index contributed by atoms with van der Waals surface area (Å²) in [7, 11) is 0. The SMILES string of the molecule is O=C(NCc1ccco1)C1CCN(C(=O)c2cc3ccccc3c3cccnc23)CC1. The van der Waals surface area contributed by atoms with Crippen molar-refractivity contribution in [2.45, 2.75) is 19.4 Å². The molecule has 1 fully saturated rings. The minimum atomic E-state index is -0.0921. The van der Waals surface area contributed by atoms with Crippen LogP contribution in [0.25, 0.3) is 21.7 Å². The lowest BCUT2D eigenvalue weighted by Gasteiger charge is -2.31. The Morgan fingerprint density at radius 2 is 1.84 bits per heavy atom. The minimum Gasteiger partial charge on any atom is -0.467 e. The first-order valence-electron chi connectivity index (χ1n) is 10.6. The number of hydrogen-bond acceptors (Lipinski definition) is 4. The number of amides is 2. The van der Waals surface area contributed by atoms with Crippen molar-refractivity contribution >= 4 is 33.5 Å². The van der Waals surface area contributed by atoms with E-state index in [4.69, 9.17) is 4.42 Å². The van der Waals surface area contributed by atoms with Gasteiger partial charge in [0.25, 0.3) is 5.91 Å². The van der Waals surface area contributed by atoms with Crippen LogP contribution >= 0.6 is 0 Å². The van der Waals surface area contributed by atoms with E-state index in [1.807, 2.05) is 47.4 Å². The van der Waals surface area contributed by atoms with Gasteiger partial charge in [-0.15, -0.1) is 0 Å². The topological polar surface area (TPSA) is 75.4 Å². The molecule has 31 heavy (non-hydrogen) atoms. The summed E-state index contributed by atoms with van der Waals surface area (Å²) >= 11 is 0. The lowest BCUT2D eigenvalue weighted by molar-refractivity contribution is -0.126. The van der Waals surface area contributed by atoms with E-state index >= 15 is 0 Å². The van der Waals surface area contributed by atoms with Crippen LogP contribution < -0.4 is 5.32 Å². The van der Waals surface area contributed by atoms with Gasteiger partial charge in [0.15, 0.2) is 0 Å². The van der Waals surface area contributed by atoms with Gasteiger partial charge in [0.05, 0.1) is 23.9 Å². The fourth-order valence-electron chi connectivity index (χ4n) is 4.34. The maximum absolute atomic E-state index is 13.4. The second-order valence-electron chi connectivity index (χ2n) is 7.91. The van der Waals surface area contributed by atoms with Gasteiger partial charge < -0.3 is 14.6 Å². The molecular weight excluding hydrogens is 390 g/mol. The summed E-state index contributed by atoms with van der Waals surface area (Å²) in [5.74, 6) is 0.632. The predicted molar refractivity (Wildman–Crippen MR) is 118 cm³/mol. The molecule has 0 unspecified atom stereocenters. The molecule has 2 amide bonds. The molecule has 4 aromatic rings. The Bertz CT molecular complexity index is 1240. The van der Waals surface area contributed by atoms with Crippen LogP contribution in [0.4, 0.5) is 0 Å². The van der Waals surface area contributed by atoms with Crippen LogP contribution in [0.1, 0.15) is 29.0 Å². The molecule has 2 aromatic carbocycles. The molecule has 1 aliphatic heterocycles. The lowest BCUT2D eigenvalue weighted by Crippen LogP contribution is -2.43. The first kappa shape index (κ1) is 19.3. The van der Waals surface area contributed by atoms with E-state index in [1.165, 1.54) is 0 Å². The molecule has 1 saturated heterocycles. The first-order chi connectivity index (χ1) is 15.2. The molecule has 3 heterocycles. The molecule has 6 nitrogen and oxygen atoms in total. The second-order valence-corrected chi connectivity index (χ2v) is 7.91. The molecule has 0 spiro atoms. The smallest absolute Gasteiger partial charge is 0.256 e. The number of likely N-dealkylation sites (tertiary alicyclic amines) is 1. The number of piperidine rings is 1. The van der Waals surface area contributed by atoms with Crippen LogP contribution in [0, 0.1) is 5.92 Å². The number of pyridine rings is 1. The number of nitrogens with one attached hydrogen (secondary N) is 1. The van der Waals surface area contributed by atoms with Crippen molar-refractivity contribution < 1.29 is 14.0 Å². The van der Waals surface area contributed by atoms with E-state index in [1.54, 1.807) is 18.5 Å². The zero-order valence-corrected chi connectivity index (χ0v) is 17.1. The monoisotopic (exact) mass is 413 g/mol. The summed E-state index contributed by atoms with van der Waals surface area (Å²) in [6, 6.07) is 17.5. The average Bonchev–Trinajstić information content (AvgIpc) is 3.35. The normalized spacial score (nSPS) is 14.8. The molecule has 0 radical (unpaired) electrons. The number of benzene rings is 2. The van der Waals surface area contributed by atoms with E-state index < -0.39 is 0 Å². The number of nitrogens with zero attached hydrogens (tertiary/aromatic N) is 2. The quantitative estimate of drug-likeness (QED) is 0.510. The molecule has 0 saturated carbocycles. The molecule has 1 N–H and O–H groups in total. The molecule has 0 aliphatic carbocycles. The van der Waals surface area contributed by atoms with Crippen LogP contribution in [0.5, 0.6) is 0 Å². The number of aromatic nitrogens is 1. The number of furan rings is 1. The molecule has 6 heteroatoms. The highest BCUT2D eigenvalue weighted by molar-refractivity contribution is 6.15. The number of hydrogen-bond donors (Lipinski definition) is 1. The van der Waals surface area contributed by atoms with Gasteiger partial charge in [-0.05, 0) is 47.9 Å². The Hall–Kier alpha value is -3.67. The third kappa shape index (κ3) is 3.77. The molecule has 0 bridgehead atoms. The molecule has 2 aromatic heterocycles. The van der Waals surface area contributed by atoms with Gasteiger partial charge >= 0.3 is 0 Å². The number of carbonyl (C=O) groups is 2. The second kappa shape index (κ2) is 8.22. The Morgan fingerprint density at radius 3 is 2.65 bits per heavy atom. The standard InChI is InChI=1S/C25H23N3O3/c29-24(27-16-19-6-4-14-31-19)17-9-12-28(13-10-17)25(30)22-15-18-5-1-2-7-20(18)21-8-3-11-26-23(21)22/h1-8,11,14-15,17H,9-10,12-13,16H2,(H,27,29). The highest BCUT2D eigenvalue weighted by atomic mass is 16.3. The van der Waals surface area contributed by atoms with Gasteiger partial charge in [0.1, 0.15) is 5.76 Å². The number of carbonyl (C=O) groups excluding carboxylic acids is 2. The summed E-state index contributed by atoms with van der Waals surface area (Å²) in [4.78, 5) is 32.2. The van der Waals surface area contributed by atoms with E-state index in [-0.39, 0.29) is 17.7 Å². The Balaban J connectivity index is 1.31. The minimum absolute atomic E-state index is 0.0151. The largest absolute Gasteiger partial charge is 0.467 e. The van der Waals surface area contributed by atoms with E-state index in [9.17, 15) is 9.59 Å². The summed E-state index contributed by atoms with van der Waals surface area (Å²) in [6.45, 7) is 1.50. The highest BCUT2D eigenvalue weighted by Gasteiger charge is 2.29. The van der Waals surface area contributed by atoms with Gasteiger partial charge in [0, 0.05) is 30.6 Å². The molecule has 156 valence electrons. The van der Waals surface area contributed by atoms with Crippen LogP contribution in [-0.2, 0) is 11.3 Å². The van der Waals surface area contributed by atoms with Crippen molar-refractivity contribution in [2.75, 3.05) is 13.1 Å². The van der Waals surface area contributed by atoms with Gasteiger partial charge in [-0.2, -0.15) is 0 Å². The number of rotatable bonds is 4. The Morgan fingerprint density at radius 1 is 1.03 bits per heavy atom. The Kier molecular flexibility index (Phi) is 5.12. The predicted octanol–water partition coefficient (Wildman–Crippen LogP) is 4.15. The summed E-state index contributed by atoms with van der Waals surface area (Å²) in [5, 5.41) is 6.03. The van der Waals surface area contributed by atoms with Crippen molar-refractivity contribution in [2.24, 2.45) is 5.92 Å². The van der Waals surface area contributed by atoms with Crippen molar-refractivity contribution in [3.05, 3.63) is 78.4 Å². The molecular formula is C25H23N3O3. The Labute approximate surface area is 179 Å². The summed E-state index contributed by atoms with van der Waals surface area (Å²) in [5.41, 5.74) is 1.35. The zero-order valence-electron chi connectivity index (χ0n) is 17.1. The summed E-state index contributed by atoms with van der Waals surface area (Å²) in [6.07, 6.45) is 4.61. The fraction of sp³-hybridized carbons (Fsp3) is 0.240.